The molecular weight excluding hydrogens is 300 g/mol. The average Bonchev–Trinajstić information content (AvgIpc) is 2.58. The minimum Gasteiger partial charge on any atom is -0.345 e. The third-order valence-corrected chi connectivity index (χ3v) is 4.16. The molecule has 0 aliphatic heterocycles. The van der Waals surface area contributed by atoms with Gasteiger partial charge in [-0.05, 0) is 22.9 Å². The molecule has 24 heavy (non-hydrogen) atoms. The number of carbonyl (C=O) groups is 2. The standard InChI is InChI=1S/C20H20N2O2/c1-21(2)19(23)15-9-5-7-13-11-12-14-8-6-10-16(18(14)17(13)15)20(24)22(3)4/h5-12H,1-4H3. The first kappa shape index (κ1) is 16.0. The summed E-state index contributed by atoms with van der Waals surface area (Å²) in [4.78, 5) is 28.4. The third kappa shape index (κ3) is 2.50. The van der Waals surface area contributed by atoms with Crippen molar-refractivity contribution in [1.29, 1.82) is 0 Å². The molecule has 0 spiro atoms. The van der Waals surface area contributed by atoms with Crippen molar-refractivity contribution in [3.63, 3.8) is 0 Å². The number of carbonyl (C=O) groups excluding carboxylic acids is 2. The lowest BCUT2D eigenvalue weighted by Gasteiger charge is -2.17. The van der Waals surface area contributed by atoms with Gasteiger partial charge in [-0.3, -0.25) is 9.59 Å². The van der Waals surface area contributed by atoms with Crippen molar-refractivity contribution in [1.82, 2.24) is 9.80 Å². The summed E-state index contributed by atoms with van der Waals surface area (Å²) >= 11 is 0. The molecule has 3 aromatic rings. The van der Waals surface area contributed by atoms with Crippen LogP contribution < -0.4 is 0 Å². The first-order valence-electron chi connectivity index (χ1n) is 7.79. The summed E-state index contributed by atoms with van der Waals surface area (Å²) in [6, 6.07) is 15.3. The van der Waals surface area contributed by atoms with E-state index in [1.165, 1.54) is 0 Å². The van der Waals surface area contributed by atoms with Gasteiger partial charge in [0.1, 0.15) is 0 Å². The van der Waals surface area contributed by atoms with E-state index in [4.69, 9.17) is 0 Å². The molecule has 0 saturated carbocycles. The lowest BCUT2D eigenvalue weighted by Crippen LogP contribution is -2.23. The van der Waals surface area contributed by atoms with Crippen LogP contribution in [0.5, 0.6) is 0 Å². The zero-order valence-corrected chi connectivity index (χ0v) is 14.3. The van der Waals surface area contributed by atoms with Gasteiger partial charge in [0.15, 0.2) is 0 Å². The van der Waals surface area contributed by atoms with Crippen molar-refractivity contribution in [3.05, 3.63) is 59.7 Å². The molecule has 0 heterocycles. The van der Waals surface area contributed by atoms with Gasteiger partial charge in [0.05, 0.1) is 0 Å². The van der Waals surface area contributed by atoms with E-state index in [0.29, 0.717) is 11.1 Å². The van der Waals surface area contributed by atoms with Crippen LogP contribution in [0.2, 0.25) is 0 Å². The number of hydrogen-bond donors (Lipinski definition) is 0. The SMILES string of the molecule is CN(C)C(=O)c1cccc2ccc3cccc(C(=O)N(C)C)c3c12. The van der Waals surface area contributed by atoms with Crippen molar-refractivity contribution in [2.24, 2.45) is 0 Å². The van der Waals surface area contributed by atoms with E-state index in [0.717, 1.165) is 21.5 Å². The highest BCUT2D eigenvalue weighted by atomic mass is 16.2. The molecule has 3 rings (SSSR count). The van der Waals surface area contributed by atoms with Gasteiger partial charge in [-0.1, -0.05) is 36.4 Å². The van der Waals surface area contributed by atoms with E-state index in [9.17, 15) is 9.59 Å². The predicted molar refractivity (Wildman–Crippen MR) is 97.5 cm³/mol. The zero-order valence-electron chi connectivity index (χ0n) is 14.3. The molecule has 4 nitrogen and oxygen atoms in total. The molecule has 0 aliphatic rings. The molecule has 0 atom stereocenters. The van der Waals surface area contributed by atoms with Crippen LogP contribution in [0.4, 0.5) is 0 Å². The Kier molecular flexibility index (Phi) is 3.97. The van der Waals surface area contributed by atoms with Gasteiger partial charge in [-0.2, -0.15) is 0 Å². The number of rotatable bonds is 2. The molecule has 0 bridgehead atoms. The topological polar surface area (TPSA) is 40.6 Å². The fourth-order valence-corrected chi connectivity index (χ4v) is 2.99. The van der Waals surface area contributed by atoms with Crippen molar-refractivity contribution in [2.45, 2.75) is 0 Å². The first-order valence-corrected chi connectivity index (χ1v) is 7.79. The molecule has 0 radical (unpaired) electrons. The minimum atomic E-state index is -0.0693. The smallest absolute Gasteiger partial charge is 0.253 e. The van der Waals surface area contributed by atoms with Gasteiger partial charge in [0.25, 0.3) is 11.8 Å². The Hall–Kier alpha value is -2.88. The largest absolute Gasteiger partial charge is 0.345 e. The van der Waals surface area contributed by atoms with Gasteiger partial charge in [-0.25, -0.2) is 0 Å². The minimum absolute atomic E-state index is 0.0693. The van der Waals surface area contributed by atoms with Crippen molar-refractivity contribution in [2.75, 3.05) is 28.2 Å². The zero-order chi connectivity index (χ0) is 17.4. The number of benzene rings is 3. The molecule has 0 aliphatic carbocycles. The van der Waals surface area contributed by atoms with Gasteiger partial charge < -0.3 is 9.80 Å². The van der Waals surface area contributed by atoms with E-state index >= 15 is 0 Å². The third-order valence-electron chi connectivity index (χ3n) is 4.16. The Morgan fingerprint density at radius 3 is 1.33 bits per heavy atom. The second kappa shape index (κ2) is 5.96. The highest BCUT2D eigenvalue weighted by Gasteiger charge is 2.19. The Morgan fingerprint density at radius 2 is 1.00 bits per heavy atom. The molecule has 2 amide bonds. The summed E-state index contributed by atoms with van der Waals surface area (Å²) < 4.78 is 0. The maximum Gasteiger partial charge on any atom is 0.253 e. The Balaban J connectivity index is 2.49. The van der Waals surface area contributed by atoms with Gasteiger partial charge in [0.2, 0.25) is 0 Å². The first-order chi connectivity index (χ1) is 11.4. The van der Waals surface area contributed by atoms with Gasteiger partial charge in [-0.15, -0.1) is 0 Å². The fraction of sp³-hybridized carbons (Fsp3) is 0.200. The normalized spacial score (nSPS) is 10.8. The van der Waals surface area contributed by atoms with Crippen molar-refractivity contribution in [3.8, 4) is 0 Å². The quantitative estimate of drug-likeness (QED) is 0.679. The molecule has 122 valence electrons. The summed E-state index contributed by atoms with van der Waals surface area (Å²) in [6.07, 6.45) is 0. The molecule has 0 aromatic heterocycles. The molecule has 0 unspecified atom stereocenters. The molecule has 0 N–H and O–H groups in total. The van der Waals surface area contributed by atoms with Crippen LogP contribution in [0.25, 0.3) is 21.5 Å². The van der Waals surface area contributed by atoms with Crippen LogP contribution in [0.15, 0.2) is 48.5 Å². The average molecular weight is 320 g/mol. The van der Waals surface area contributed by atoms with E-state index < -0.39 is 0 Å². The van der Waals surface area contributed by atoms with Crippen LogP contribution >= 0.6 is 0 Å². The summed E-state index contributed by atoms with van der Waals surface area (Å²) in [6.45, 7) is 0. The van der Waals surface area contributed by atoms with Gasteiger partial charge in [0, 0.05) is 50.1 Å². The Bertz CT molecular complexity index is 880. The highest BCUT2D eigenvalue weighted by molar-refractivity contribution is 6.23. The Labute approximate surface area is 141 Å². The van der Waals surface area contributed by atoms with Crippen LogP contribution in [0.3, 0.4) is 0 Å². The summed E-state index contributed by atoms with van der Waals surface area (Å²) in [5.41, 5.74) is 1.23. The lowest BCUT2D eigenvalue weighted by molar-refractivity contribution is 0.0821. The predicted octanol–water partition coefficient (Wildman–Crippen LogP) is 3.40. The van der Waals surface area contributed by atoms with Crippen LogP contribution in [0.1, 0.15) is 20.7 Å². The van der Waals surface area contributed by atoms with Crippen LogP contribution in [-0.4, -0.2) is 49.8 Å². The number of nitrogens with zero attached hydrogens (tertiary/aromatic N) is 2. The summed E-state index contributed by atoms with van der Waals surface area (Å²) in [7, 11) is 6.94. The van der Waals surface area contributed by atoms with Crippen molar-refractivity contribution < 1.29 is 9.59 Å². The number of hydrogen-bond acceptors (Lipinski definition) is 2. The van der Waals surface area contributed by atoms with Crippen molar-refractivity contribution >= 4 is 33.4 Å². The van der Waals surface area contributed by atoms with E-state index in [2.05, 4.69) is 0 Å². The molecule has 4 heteroatoms. The number of fused-ring (bicyclic) bond motifs is 3. The Morgan fingerprint density at radius 1 is 0.625 bits per heavy atom. The second-order valence-corrected chi connectivity index (χ2v) is 6.27. The lowest BCUT2D eigenvalue weighted by atomic mass is 9.93. The van der Waals surface area contributed by atoms with E-state index in [-0.39, 0.29) is 11.8 Å². The monoisotopic (exact) mass is 320 g/mol. The molecule has 0 fully saturated rings. The summed E-state index contributed by atoms with van der Waals surface area (Å²) in [5, 5.41) is 3.57. The molecular formula is C20H20N2O2. The number of amides is 2. The maximum absolute atomic E-state index is 12.6. The maximum atomic E-state index is 12.6. The second-order valence-electron chi connectivity index (χ2n) is 6.27. The summed E-state index contributed by atoms with van der Waals surface area (Å²) in [5.74, 6) is -0.139. The van der Waals surface area contributed by atoms with E-state index in [1.54, 1.807) is 38.0 Å². The molecule has 0 saturated heterocycles. The highest BCUT2D eigenvalue weighted by Crippen LogP contribution is 2.32. The molecule has 3 aromatic carbocycles. The van der Waals surface area contributed by atoms with Gasteiger partial charge >= 0.3 is 0 Å². The van der Waals surface area contributed by atoms with Crippen LogP contribution in [0, 0.1) is 0 Å². The fourth-order valence-electron chi connectivity index (χ4n) is 2.99. The van der Waals surface area contributed by atoms with Crippen LogP contribution in [-0.2, 0) is 0 Å². The van der Waals surface area contributed by atoms with E-state index in [1.807, 2.05) is 48.5 Å².